The zero-order valence-corrected chi connectivity index (χ0v) is 11.8. The van der Waals surface area contributed by atoms with Crippen LogP contribution < -0.4 is 10.1 Å². The van der Waals surface area contributed by atoms with Gasteiger partial charge in [-0.2, -0.15) is 0 Å². The van der Waals surface area contributed by atoms with Crippen LogP contribution in [-0.4, -0.2) is 19.7 Å². The van der Waals surface area contributed by atoms with Crippen LogP contribution in [0.5, 0.6) is 5.75 Å². The number of ether oxygens (including phenoxy) is 1. The highest BCUT2D eigenvalue weighted by atomic mass is 35.5. The summed E-state index contributed by atoms with van der Waals surface area (Å²) in [4.78, 5) is 0. The van der Waals surface area contributed by atoms with Crippen LogP contribution in [-0.2, 0) is 0 Å². The summed E-state index contributed by atoms with van der Waals surface area (Å²) in [5.41, 5.74) is 1.27. The van der Waals surface area contributed by atoms with Gasteiger partial charge in [-0.05, 0) is 43.5 Å². The molecule has 2 atom stereocenters. The van der Waals surface area contributed by atoms with Crippen molar-refractivity contribution in [1.82, 2.24) is 5.32 Å². The summed E-state index contributed by atoms with van der Waals surface area (Å²) in [5, 5.41) is 4.10. The molecule has 0 bridgehead atoms. The van der Waals surface area contributed by atoms with Crippen molar-refractivity contribution < 1.29 is 4.74 Å². The number of hydrogen-bond acceptors (Lipinski definition) is 2. The Hall–Kier alpha value is -0.730. The van der Waals surface area contributed by atoms with Crippen molar-refractivity contribution in [3.63, 3.8) is 0 Å². The van der Waals surface area contributed by atoms with E-state index in [2.05, 4.69) is 32.2 Å². The Morgan fingerprint density at radius 2 is 2.06 bits per heavy atom. The SMILES string of the molecule is CCNC(C)CC(C)c1ccc(Cl)c(OC)c1. The first-order valence-electron chi connectivity index (χ1n) is 6.15. The molecule has 0 aliphatic heterocycles. The molecule has 0 aliphatic carbocycles. The number of nitrogens with one attached hydrogen (secondary N) is 1. The van der Waals surface area contributed by atoms with Crippen molar-refractivity contribution in [2.45, 2.75) is 39.2 Å². The first-order chi connectivity index (χ1) is 8.08. The maximum Gasteiger partial charge on any atom is 0.137 e. The lowest BCUT2D eigenvalue weighted by atomic mass is 9.94. The Bertz CT molecular complexity index is 354. The molecule has 1 N–H and O–H groups in total. The van der Waals surface area contributed by atoms with Gasteiger partial charge in [-0.1, -0.05) is 31.5 Å². The standard InChI is InChI=1S/C14H22ClNO/c1-5-16-11(3)8-10(2)12-6-7-13(15)14(9-12)17-4/h6-7,9-11,16H,5,8H2,1-4H3. The van der Waals surface area contributed by atoms with Crippen LogP contribution in [0.15, 0.2) is 18.2 Å². The van der Waals surface area contributed by atoms with Crippen molar-refractivity contribution in [3.8, 4) is 5.75 Å². The van der Waals surface area contributed by atoms with Crippen LogP contribution >= 0.6 is 11.6 Å². The Morgan fingerprint density at radius 3 is 2.65 bits per heavy atom. The Kier molecular flexibility index (Phi) is 5.79. The first-order valence-corrected chi connectivity index (χ1v) is 6.53. The zero-order chi connectivity index (χ0) is 12.8. The van der Waals surface area contributed by atoms with Crippen LogP contribution in [0.2, 0.25) is 5.02 Å². The van der Waals surface area contributed by atoms with E-state index in [0.29, 0.717) is 17.0 Å². The fraction of sp³-hybridized carbons (Fsp3) is 0.571. The predicted octanol–water partition coefficient (Wildman–Crippen LogP) is 3.84. The topological polar surface area (TPSA) is 21.3 Å². The highest BCUT2D eigenvalue weighted by Crippen LogP contribution is 2.30. The molecule has 1 aromatic carbocycles. The van der Waals surface area contributed by atoms with Gasteiger partial charge in [0.2, 0.25) is 0 Å². The second kappa shape index (κ2) is 6.87. The van der Waals surface area contributed by atoms with Crippen molar-refractivity contribution >= 4 is 11.6 Å². The summed E-state index contributed by atoms with van der Waals surface area (Å²) < 4.78 is 5.24. The summed E-state index contributed by atoms with van der Waals surface area (Å²) >= 11 is 6.02. The summed E-state index contributed by atoms with van der Waals surface area (Å²) in [5.74, 6) is 1.25. The molecule has 0 amide bonds. The molecule has 0 radical (unpaired) electrons. The van der Waals surface area contributed by atoms with Gasteiger partial charge in [0.1, 0.15) is 5.75 Å². The smallest absolute Gasteiger partial charge is 0.137 e. The second-order valence-electron chi connectivity index (χ2n) is 4.49. The van der Waals surface area contributed by atoms with Crippen LogP contribution in [0.1, 0.15) is 38.7 Å². The predicted molar refractivity (Wildman–Crippen MR) is 74.2 cm³/mol. The molecular weight excluding hydrogens is 234 g/mol. The number of rotatable bonds is 6. The highest BCUT2D eigenvalue weighted by Gasteiger charge is 2.12. The van der Waals surface area contributed by atoms with Crippen LogP contribution in [0.3, 0.4) is 0 Å². The lowest BCUT2D eigenvalue weighted by molar-refractivity contribution is 0.413. The van der Waals surface area contributed by atoms with Crippen molar-refractivity contribution in [1.29, 1.82) is 0 Å². The van der Waals surface area contributed by atoms with Crippen LogP contribution in [0.4, 0.5) is 0 Å². The monoisotopic (exact) mass is 255 g/mol. The van der Waals surface area contributed by atoms with E-state index in [4.69, 9.17) is 16.3 Å². The summed E-state index contributed by atoms with van der Waals surface area (Å²) in [6.07, 6.45) is 1.11. The maximum absolute atomic E-state index is 6.02. The Morgan fingerprint density at radius 1 is 1.35 bits per heavy atom. The van der Waals surface area contributed by atoms with Gasteiger partial charge >= 0.3 is 0 Å². The third-order valence-electron chi connectivity index (χ3n) is 3.00. The fourth-order valence-electron chi connectivity index (χ4n) is 2.08. The van der Waals surface area contributed by atoms with Gasteiger partial charge in [0.15, 0.2) is 0 Å². The second-order valence-corrected chi connectivity index (χ2v) is 4.90. The van der Waals surface area contributed by atoms with E-state index in [-0.39, 0.29) is 0 Å². The molecule has 0 saturated heterocycles. The third kappa shape index (κ3) is 4.21. The van der Waals surface area contributed by atoms with Crippen LogP contribution in [0.25, 0.3) is 0 Å². The van der Waals surface area contributed by atoms with E-state index in [0.717, 1.165) is 18.7 Å². The minimum atomic E-state index is 0.496. The van der Waals surface area contributed by atoms with Gasteiger partial charge in [0.25, 0.3) is 0 Å². The molecule has 96 valence electrons. The van der Waals surface area contributed by atoms with Gasteiger partial charge in [0, 0.05) is 6.04 Å². The number of halogens is 1. The number of methoxy groups -OCH3 is 1. The average Bonchev–Trinajstić information content (AvgIpc) is 2.29. The molecule has 17 heavy (non-hydrogen) atoms. The van der Waals surface area contributed by atoms with Gasteiger partial charge < -0.3 is 10.1 Å². The molecule has 2 unspecified atom stereocenters. The third-order valence-corrected chi connectivity index (χ3v) is 3.32. The van der Waals surface area contributed by atoms with E-state index in [1.54, 1.807) is 7.11 Å². The lowest BCUT2D eigenvalue weighted by Crippen LogP contribution is -2.26. The van der Waals surface area contributed by atoms with Gasteiger partial charge in [-0.15, -0.1) is 0 Å². The summed E-state index contributed by atoms with van der Waals surface area (Å²) in [6.45, 7) is 7.59. The summed E-state index contributed by atoms with van der Waals surface area (Å²) in [7, 11) is 1.65. The van der Waals surface area contributed by atoms with Crippen molar-refractivity contribution in [3.05, 3.63) is 28.8 Å². The molecule has 0 spiro atoms. The Balaban J connectivity index is 2.71. The molecule has 1 rings (SSSR count). The molecule has 1 aromatic rings. The quantitative estimate of drug-likeness (QED) is 0.834. The average molecular weight is 256 g/mol. The molecule has 0 saturated carbocycles. The molecule has 3 heteroatoms. The van der Waals surface area contributed by atoms with Crippen molar-refractivity contribution in [2.75, 3.05) is 13.7 Å². The minimum absolute atomic E-state index is 0.496. The molecule has 0 fully saturated rings. The summed E-state index contributed by atoms with van der Waals surface area (Å²) in [6, 6.07) is 6.54. The van der Waals surface area contributed by atoms with Crippen molar-refractivity contribution in [2.24, 2.45) is 0 Å². The largest absolute Gasteiger partial charge is 0.495 e. The highest BCUT2D eigenvalue weighted by molar-refractivity contribution is 6.32. The van der Waals surface area contributed by atoms with E-state index in [9.17, 15) is 0 Å². The van der Waals surface area contributed by atoms with E-state index < -0.39 is 0 Å². The Labute approximate surface area is 109 Å². The van der Waals surface area contributed by atoms with E-state index in [1.807, 2.05) is 12.1 Å². The maximum atomic E-state index is 6.02. The molecule has 0 aromatic heterocycles. The molecule has 2 nitrogen and oxygen atoms in total. The van der Waals surface area contributed by atoms with E-state index >= 15 is 0 Å². The van der Waals surface area contributed by atoms with Gasteiger partial charge in [-0.3, -0.25) is 0 Å². The van der Waals surface area contributed by atoms with Gasteiger partial charge in [0.05, 0.1) is 12.1 Å². The molecule has 0 heterocycles. The zero-order valence-electron chi connectivity index (χ0n) is 11.1. The van der Waals surface area contributed by atoms with Gasteiger partial charge in [-0.25, -0.2) is 0 Å². The number of benzene rings is 1. The molecule has 0 aliphatic rings. The fourth-order valence-corrected chi connectivity index (χ4v) is 2.28. The normalized spacial score (nSPS) is 14.4. The number of hydrogen-bond donors (Lipinski definition) is 1. The lowest BCUT2D eigenvalue weighted by Gasteiger charge is -2.19. The minimum Gasteiger partial charge on any atom is -0.495 e. The first kappa shape index (κ1) is 14.3. The van der Waals surface area contributed by atoms with E-state index in [1.165, 1.54) is 5.56 Å². The molecular formula is C14H22ClNO. The van der Waals surface area contributed by atoms with Crippen LogP contribution in [0, 0.1) is 0 Å².